The number of furan rings is 1. The summed E-state index contributed by atoms with van der Waals surface area (Å²) < 4.78 is 4.93. The van der Waals surface area contributed by atoms with E-state index in [1.807, 2.05) is 4.90 Å². The number of hydrogen-bond acceptors (Lipinski definition) is 7. The second-order valence-electron chi connectivity index (χ2n) is 4.87. The first-order valence-electron chi connectivity index (χ1n) is 6.82. The minimum atomic E-state index is -0.119. The average molecular weight is 321 g/mol. The lowest BCUT2D eigenvalue weighted by Gasteiger charge is -2.34. The van der Waals surface area contributed by atoms with Gasteiger partial charge >= 0.3 is 0 Å². The lowest BCUT2D eigenvalue weighted by Crippen LogP contribution is -2.50. The highest BCUT2D eigenvalue weighted by atomic mass is 32.1. The van der Waals surface area contributed by atoms with Crippen LogP contribution in [0.4, 0.5) is 5.13 Å². The van der Waals surface area contributed by atoms with E-state index in [1.54, 1.807) is 16.5 Å². The zero-order valence-electron chi connectivity index (χ0n) is 11.8. The summed E-state index contributed by atoms with van der Waals surface area (Å²) in [5, 5.41) is 10.6. The fourth-order valence-corrected chi connectivity index (χ4v) is 2.73. The number of carbonyl (C=O) groups excluding carboxylic acids is 2. The van der Waals surface area contributed by atoms with E-state index in [-0.39, 0.29) is 18.4 Å². The Hall–Kier alpha value is -2.26. The summed E-state index contributed by atoms with van der Waals surface area (Å²) in [5.74, 6) is -0.155. The summed E-state index contributed by atoms with van der Waals surface area (Å²) in [5.41, 5.74) is 2.12. The summed E-state index contributed by atoms with van der Waals surface area (Å²) >= 11 is 1.28. The van der Waals surface area contributed by atoms with Crippen molar-refractivity contribution in [1.29, 1.82) is 0 Å². The first kappa shape index (κ1) is 14.7. The Kier molecular flexibility index (Phi) is 4.45. The zero-order chi connectivity index (χ0) is 15.4. The number of hydrogen-bond donors (Lipinski definition) is 1. The number of carbonyl (C=O) groups is 2. The number of aromatic nitrogens is 2. The van der Waals surface area contributed by atoms with Crippen molar-refractivity contribution in [2.75, 3.05) is 38.0 Å². The van der Waals surface area contributed by atoms with E-state index < -0.39 is 0 Å². The molecule has 2 aromatic heterocycles. The quantitative estimate of drug-likeness (QED) is 0.883. The van der Waals surface area contributed by atoms with Crippen molar-refractivity contribution in [3.05, 3.63) is 29.7 Å². The summed E-state index contributed by atoms with van der Waals surface area (Å²) in [6.07, 6.45) is 2.94. The maximum Gasteiger partial charge on any atom is 0.257 e. The number of nitrogens with one attached hydrogen (secondary N) is 1. The minimum Gasteiger partial charge on any atom is -0.472 e. The predicted molar refractivity (Wildman–Crippen MR) is 79.6 cm³/mol. The number of anilines is 1. The Morgan fingerprint density at radius 3 is 2.77 bits per heavy atom. The highest BCUT2D eigenvalue weighted by molar-refractivity contribution is 7.13. The zero-order valence-corrected chi connectivity index (χ0v) is 12.6. The van der Waals surface area contributed by atoms with Gasteiger partial charge in [0, 0.05) is 26.2 Å². The molecule has 1 N–H and O–H groups in total. The van der Waals surface area contributed by atoms with Gasteiger partial charge in [-0.05, 0) is 6.07 Å². The van der Waals surface area contributed by atoms with Gasteiger partial charge < -0.3 is 9.32 Å². The first-order chi connectivity index (χ1) is 10.7. The molecule has 22 heavy (non-hydrogen) atoms. The molecule has 1 aliphatic rings. The standard InChI is InChI=1S/C13H15N5O3S/c19-11(15-13-16-14-9-22-13)7-17-2-4-18(5-3-17)12(20)10-1-6-21-8-10/h1,6,8-9H,2-5,7H2,(H,15,16,19). The molecule has 116 valence electrons. The third kappa shape index (κ3) is 3.49. The third-order valence-electron chi connectivity index (χ3n) is 3.40. The van der Waals surface area contributed by atoms with E-state index in [4.69, 9.17) is 4.42 Å². The Bertz CT molecular complexity index is 620. The molecule has 0 spiro atoms. The molecule has 3 rings (SSSR count). The normalized spacial score (nSPS) is 15.7. The third-order valence-corrected chi connectivity index (χ3v) is 4.01. The van der Waals surface area contributed by atoms with Gasteiger partial charge in [0.15, 0.2) is 0 Å². The molecule has 0 unspecified atom stereocenters. The lowest BCUT2D eigenvalue weighted by molar-refractivity contribution is -0.117. The van der Waals surface area contributed by atoms with Gasteiger partial charge in [0.25, 0.3) is 5.91 Å². The molecule has 0 aromatic carbocycles. The topological polar surface area (TPSA) is 91.6 Å². The number of amides is 2. The highest BCUT2D eigenvalue weighted by Crippen LogP contribution is 2.10. The Morgan fingerprint density at radius 1 is 1.32 bits per heavy atom. The lowest BCUT2D eigenvalue weighted by atomic mass is 10.2. The van der Waals surface area contributed by atoms with Crippen LogP contribution in [0.1, 0.15) is 10.4 Å². The van der Waals surface area contributed by atoms with Crippen LogP contribution in [0, 0.1) is 0 Å². The van der Waals surface area contributed by atoms with Crippen LogP contribution in [-0.4, -0.2) is 64.5 Å². The summed E-state index contributed by atoms with van der Waals surface area (Å²) in [6.45, 7) is 2.79. The minimum absolute atomic E-state index is 0.0355. The van der Waals surface area contributed by atoms with Gasteiger partial charge in [-0.3, -0.25) is 19.8 Å². The molecule has 8 nitrogen and oxygen atoms in total. The summed E-state index contributed by atoms with van der Waals surface area (Å²) in [7, 11) is 0. The van der Waals surface area contributed by atoms with Gasteiger partial charge in [0.1, 0.15) is 11.8 Å². The van der Waals surface area contributed by atoms with Crippen LogP contribution in [-0.2, 0) is 4.79 Å². The molecule has 9 heteroatoms. The maximum atomic E-state index is 12.2. The second kappa shape index (κ2) is 6.67. The van der Waals surface area contributed by atoms with Crippen LogP contribution >= 0.6 is 11.3 Å². The van der Waals surface area contributed by atoms with Crippen LogP contribution in [0.3, 0.4) is 0 Å². The van der Waals surface area contributed by atoms with Crippen LogP contribution in [0.5, 0.6) is 0 Å². The van der Waals surface area contributed by atoms with E-state index in [0.29, 0.717) is 36.9 Å². The number of rotatable bonds is 4. The molecular formula is C13H15N5O3S. The van der Waals surface area contributed by atoms with Gasteiger partial charge in [0.2, 0.25) is 11.0 Å². The van der Waals surface area contributed by atoms with Gasteiger partial charge in [0.05, 0.1) is 18.4 Å². The largest absolute Gasteiger partial charge is 0.472 e. The van der Waals surface area contributed by atoms with Crippen molar-refractivity contribution in [3.63, 3.8) is 0 Å². The predicted octanol–water partition coefficient (Wildman–Crippen LogP) is 0.528. The average Bonchev–Trinajstić information content (AvgIpc) is 3.20. The van der Waals surface area contributed by atoms with Gasteiger partial charge in [-0.2, -0.15) is 0 Å². The Labute approximate surface area is 130 Å². The molecule has 3 heterocycles. The van der Waals surface area contributed by atoms with Gasteiger partial charge in [-0.15, -0.1) is 10.2 Å². The van der Waals surface area contributed by atoms with Crippen molar-refractivity contribution in [1.82, 2.24) is 20.0 Å². The van der Waals surface area contributed by atoms with Gasteiger partial charge in [-0.1, -0.05) is 11.3 Å². The fraction of sp³-hybridized carbons (Fsp3) is 0.385. The Morgan fingerprint density at radius 2 is 2.14 bits per heavy atom. The molecular weight excluding hydrogens is 306 g/mol. The number of nitrogens with zero attached hydrogens (tertiary/aromatic N) is 4. The molecule has 0 aliphatic carbocycles. The monoisotopic (exact) mass is 321 g/mol. The molecule has 0 radical (unpaired) electrons. The molecule has 1 fully saturated rings. The van der Waals surface area contributed by atoms with Gasteiger partial charge in [-0.25, -0.2) is 0 Å². The molecule has 1 aliphatic heterocycles. The highest BCUT2D eigenvalue weighted by Gasteiger charge is 2.23. The van der Waals surface area contributed by atoms with Crippen molar-refractivity contribution >= 4 is 28.3 Å². The maximum absolute atomic E-state index is 12.2. The molecule has 2 aromatic rings. The molecule has 2 amide bonds. The first-order valence-corrected chi connectivity index (χ1v) is 7.70. The van der Waals surface area contributed by atoms with Crippen LogP contribution in [0.2, 0.25) is 0 Å². The summed E-state index contributed by atoms with van der Waals surface area (Å²) in [4.78, 5) is 27.8. The molecule has 1 saturated heterocycles. The van der Waals surface area contributed by atoms with Crippen LogP contribution in [0.15, 0.2) is 28.5 Å². The van der Waals surface area contributed by atoms with E-state index in [1.165, 1.54) is 23.9 Å². The van der Waals surface area contributed by atoms with Crippen LogP contribution in [0.25, 0.3) is 0 Å². The van der Waals surface area contributed by atoms with Crippen molar-refractivity contribution in [2.24, 2.45) is 0 Å². The van der Waals surface area contributed by atoms with E-state index in [9.17, 15) is 9.59 Å². The number of piperazine rings is 1. The van der Waals surface area contributed by atoms with Crippen molar-refractivity contribution in [3.8, 4) is 0 Å². The van der Waals surface area contributed by atoms with Crippen molar-refractivity contribution < 1.29 is 14.0 Å². The molecule has 0 bridgehead atoms. The Balaban J connectivity index is 1.45. The molecule has 0 atom stereocenters. The van der Waals surface area contributed by atoms with E-state index in [0.717, 1.165) is 0 Å². The van der Waals surface area contributed by atoms with E-state index in [2.05, 4.69) is 15.5 Å². The van der Waals surface area contributed by atoms with Crippen molar-refractivity contribution in [2.45, 2.75) is 0 Å². The SMILES string of the molecule is O=C(CN1CCN(C(=O)c2ccoc2)CC1)Nc1nncs1. The van der Waals surface area contributed by atoms with Crippen LogP contribution < -0.4 is 5.32 Å². The molecule has 0 saturated carbocycles. The second-order valence-corrected chi connectivity index (χ2v) is 5.71. The van der Waals surface area contributed by atoms with E-state index >= 15 is 0 Å². The smallest absolute Gasteiger partial charge is 0.257 e. The fourth-order valence-electron chi connectivity index (χ4n) is 2.27. The summed E-state index contributed by atoms with van der Waals surface area (Å²) in [6, 6.07) is 1.66.